The molecular weight excluding hydrogens is 313 g/mol. The van der Waals surface area contributed by atoms with Gasteiger partial charge in [-0.15, -0.1) is 11.3 Å². The highest BCUT2D eigenvalue weighted by molar-refractivity contribution is 7.09. The Morgan fingerprint density at radius 3 is 2.61 bits per heavy atom. The van der Waals surface area contributed by atoms with E-state index in [1.165, 1.54) is 23.5 Å². The van der Waals surface area contributed by atoms with Gasteiger partial charge in [0.05, 0.1) is 5.01 Å². The molecule has 0 bridgehead atoms. The van der Waals surface area contributed by atoms with Gasteiger partial charge in [-0.3, -0.25) is 4.79 Å². The molecule has 23 heavy (non-hydrogen) atoms. The van der Waals surface area contributed by atoms with E-state index in [2.05, 4.69) is 4.98 Å². The van der Waals surface area contributed by atoms with E-state index in [-0.39, 0.29) is 17.1 Å². The Kier molecular flexibility index (Phi) is 5.49. The predicted molar refractivity (Wildman–Crippen MR) is 91.1 cm³/mol. The van der Waals surface area contributed by atoms with Crippen LogP contribution in [0.25, 0.3) is 0 Å². The van der Waals surface area contributed by atoms with Crippen LogP contribution in [0.4, 0.5) is 4.39 Å². The molecule has 0 aliphatic rings. The summed E-state index contributed by atoms with van der Waals surface area (Å²) in [5.74, 6) is -0.360. The number of rotatable bonds is 6. The number of hydrogen-bond donors (Lipinski definition) is 1. The van der Waals surface area contributed by atoms with Crippen molar-refractivity contribution in [3.8, 4) is 0 Å². The van der Waals surface area contributed by atoms with E-state index >= 15 is 0 Å². The maximum atomic E-state index is 12.9. The number of benzene rings is 1. The molecule has 0 aliphatic heterocycles. The minimum absolute atomic E-state index is 0.104. The van der Waals surface area contributed by atoms with Crippen LogP contribution >= 0.6 is 11.3 Å². The summed E-state index contributed by atoms with van der Waals surface area (Å²) in [4.78, 5) is 18.5. The minimum atomic E-state index is -0.257. The van der Waals surface area contributed by atoms with Gasteiger partial charge in [-0.2, -0.15) is 0 Å². The molecule has 0 fully saturated rings. The van der Waals surface area contributed by atoms with Crippen LogP contribution in [0.3, 0.4) is 0 Å². The molecule has 1 aromatic heterocycles. The lowest BCUT2D eigenvalue weighted by Crippen LogP contribution is -2.39. The van der Waals surface area contributed by atoms with Gasteiger partial charge in [0.15, 0.2) is 0 Å². The lowest BCUT2D eigenvalue weighted by Gasteiger charge is -2.28. The number of aromatic nitrogens is 1. The Morgan fingerprint density at radius 2 is 2.00 bits per heavy atom. The zero-order valence-electron chi connectivity index (χ0n) is 13.7. The zero-order valence-corrected chi connectivity index (χ0v) is 14.5. The molecule has 0 aliphatic carbocycles. The monoisotopic (exact) mass is 335 g/mol. The third kappa shape index (κ3) is 4.84. The summed E-state index contributed by atoms with van der Waals surface area (Å²) < 4.78 is 12.9. The molecule has 2 rings (SSSR count). The van der Waals surface area contributed by atoms with Crippen molar-refractivity contribution in [2.45, 2.75) is 20.3 Å². The van der Waals surface area contributed by atoms with E-state index in [0.29, 0.717) is 25.2 Å². The van der Waals surface area contributed by atoms with Crippen molar-refractivity contribution in [2.75, 3.05) is 20.1 Å². The van der Waals surface area contributed by atoms with Crippen molar-refractivity contribution >= 4 is 17.2 Å². The van der Waals surface area contributed by atoms with E-state index < -0.39 is 0 Å². The summed E-state index contributed by atoms with van der Waals surface area (Å²) in [6.45, 7) is 5.14. The summed E-state index contributed by atoms with van der Waals surface area (Å²) in [6.07, 6.45) is 0.593. The van der Waals surface area contributed by atoms with Crippen LogP contribution in [0.5, 0.6) is 0 Å². The van der Waals surface area contributed by atoms with Gasteiger partial charge >= 0.3 is 0 Å². The third-order valence-electron chi connectivity index (χ3n) is 3.60. The van der Waals surface area contributed by atoms with E-state index in [0.717, 1.165) is 10.6 Å². The van der Waals surface area contributed by atoms with E-state index in [1.807, 2.05) is 13.8 Å². The van der Waals surface area contributed by atoms with Crippen LogP contribution in [0, 0.1) is 11.2 Å². The fraction of sp³-hybridized carbons (Fsp3) is 0.412. The van der Waals surface area contributed by atoms with Crippen molar-refractivity contribution in [3.05, 3.63) is 51.7 Å². The molecule has 0 saturated heterocycles. The van der Waals surface area contributed by atoms with Gasteiger partial charge in [0.25, 0.3) is 5.91 Å². The fourth-order valence-electron chi connectivity index (χ4n) is 2.24. The lowest BCUT2D eigenvalue weighted by molar-refractivity contribution is 0.0735. The number of amides is 1. The maximum absolute atomic E-state index is 12.9. The number of halogens is 1. The maximum Gasteiger partial charge on any atom is 0.273 e. The molecule has 0 atom stereocenters. The average Bonchev–Trinajstić information content (AvgIpc) is 2.97. The summed E-state index contributed by atoms with van der Waals surface area (Å²) in [6, 6.07) is 6.32. The van der Waals surface area contributed by atoms with Crippen molar-refractivity contribution < 1.29 is 9.18 Å². The first-order valence-electron chi connectivity index (χ1n) is 7.45. The van der Waals surface area contributed by atoms with E-state index in [9.17, 15) is 9.18 Å². The Balaban J connectivity index is 2.03. The summed E-state index contributed by atoms with van der Waals surface area (Å²) in [5, 5.41) is 2.61. The van der Waals surface area contributed by atoms with Gasteiger partial charge in [-0.1, -0.05) is 26.0 Å². The SMILES string of the molecule is CN(CC(C)(C)CN)C(=O)c1csc(Cc2ccc(F)cc2)n1. The van der Waals surface area contributed by atoms with Crippen LogP contribution in [0.1, 0.15) is 34.9 Å². The van der Waals surface area contributed by atoms with Gasteiger partial charge in [0, 0.05) is 25.4 Å². The molecule has 0 unspecified atom stereocenters. The Bertz CT molecular complexity index is 667. The lowest BCUT2D eigenvalue weighted by atomic mass is 9.93. The summed E-state index contributed by atoms with van der Waals surface area (Å²) in [5.41, 5.74) is 7.00. The molecule has 4 nitrogen and oxygen atoms in total. The van der Waals surface area contributed by atoms with Crippen LogP contribution in [0.2, 0.25) is 0 Å². The number of nitrogens with zero attached hydrogens (tertiary/aromatic N) is 2. The second-order valence-electron chi connectivity index (χ2n) is 6.46. The van der Waals surface area contributed by atoms with Gasteiger partial charge < -0.3 is 10.6 Å². The van der Waals surface area contributed by atoms with Gasteiger partial charge in [0.1, 0.15) is 11.5 Å². The van der Waals surface area contributed by atoms with Crippen molar-refractivity contribution in [2.24, 2.45) is 11.1 Å². The van der Waals surface area contributed by atoms with Crippen LogP contribution in [0.15, 0.2) is 29.6 Å². The molecule has 1 amide bonds. The molecule has 124 valence electrons. The number of nitrogens with two attached hydrogens (primary N) is 1. The quantitative estimate of drug-likeness (QED) is 0.883. The first-order chi connectivity index (χ1) is 10.8. The van der Waals surface area contributed by atoms with Gasteiger partial charge in [0.2, 0.25) is 0 Å². The smallest absolute Gasteiger partial charge is 0.273 e. The molecule has 2 N–H and O–H groups in total. The fourth-order valence-corrected chi connectivity index (χ4v) is 3.04. The Morgan fingerprint density at radius 1 is 1.35 bits per heavy atom. The average molecular weight is 335 g/mol. The van der Waals surface area contributed by atoms with Gasteiger partial charge in [-0.25, -0.2) is 9.37 Å². The zero-order chi connectivity index (χ0) is 17.0. The van der Waals surface area contributed by atoms with E-state index in [4.69, 9.17) is 5.73 Å². The van der Waals surface area contributed by atoms with Crippen molar-refractivity contribution in [1.29, 1.82) is 0 Å². The molecule has 2 aromatic rings. The van der Waals surface area contributed by atoms with Crippen molar-refractivity contribution in [3.63, 3.8) is 0 Å². The Labute approximate surface area is 140 Å². The largest absolute Gasteiger partial charge is 0.340 e. The minimum Gasteiger partial charge on any atom is -0.340 e. The molecule has 1 heterocycles. The normalized spacial score (nSPS) is 11.5. The number of thiazole rings is 1. The Hall–Kier alpha value is -1.79. The second kappa shape index (κ2) is 7.19. The predicted octanol–water partition coefficient (Wildman–Crippen LogP) is 2.93. The highest BCUT2D eigenvalue weighted by Crippen LogP contribution is 2.19. The molecule has 6 heteroatoms. The highest BCUT2D eigenvalue weighted by Gasteiger charge is 2.23. The molecule has 0 radical (unpaired) electrons. The number of carbonyl (C=O) groups excluding carboxylic acids is 1. The third-order valence-corrected chi connectivity index (χ3v) is 4.45. The standard InChI is InChI=1S/C17H22FN3OS/c1-17(2,10-19)11-21(3)16(22)14-9-23-15(20-14)8-12-4-6-13(18)7-5-12/h4-7,9H,8,10-11,19H2,1-3H3. The number of hydrogen-bond acceptors (Lipinski definition) is 4. The molecule has 1 aromatic carbocycles. The topological polar surface area (TPSA) is 59.2 Å². The first-order valence-corrected chi connectivity index (χ1v) is 8.33. The highest BCUT2D eigenvalue weighted by atomic mass is 32.1. The number of carbonyl (C=O) groups is 1. The first kappa shape index (κ1) is 17.6. The van der Waals surface area contributed by atoms with Crippen molar-refractivity contribution in [1.82, 2.24) is 9.88 Å². The molecule has 0 saturated carbocycles. The van der Waals surface area contributed by atoms with Crippen LogP contribution < -0.4 is 5.73 Å². The summed E-state index contributed by atoms with van der Waals surface area (Å²) >= 11 is 1.44. The second-order valence-corrected chi connectivity index (χ2v) is 7.40. The summed E-state index contributed by atoms with van der Waals surface area (Å²) in [7, 11) is 1.76. The molecule has 0 spiro atoms. The van der Waals surface area contributed by atoms with Crippen LogP contribution in [-0.4, -0.2) is 35.9 Å². The van der Waals surface area contributed by atoms with Crippen LogP contribution in [-0.2, 0) is 6.42 Å². The van der Waals surface area contributed by atoms with E-state index in [1.54, 1.807) is 29.5 Å². The molecular formula is C17H22FN3OS. The van der Waals surface area contributed by atoms with Gasteiger partial charge in [-0.05, 0) is 29.7 Å².